The maximum Gasteiger partial charge on any atom is 0.335 e. The van der Waals surface area contributed by atoms with Crippen molar-refractivity contribution < 1.29 is 18.3 Å². The normalized spacial score (nSPS) is 11.1. The molecule has 2 aromatic rings. The van der Waals surface area contributed by atoms with Gasteiger partial charge >= 0.3 is 5.97 Å². The molecule has 0 saturated heterocycles. The van der Waals surface area contributed by atoms with Crippen molar-refractivity contribution in [3.63, 3.8) is 0 Å². The van der Waals surface area contributed by atoms with Crippen molar-refractivity contribution in [2.75, 3.05) is 11.0 Å². The lowest BCUT2D eigenvalue weighted by Gasteiger charge is -2.11. The summed E-state index contributed by atoms with van der Waals surface area (Å²) < 4.78 is 25.2. The van der Waals surface area contributed by atoms with Crippen LogP contribution in [0.4, 0.5) is 5.69 Å². The molecule has 2 rings (SSSR count). The molecule has 0 spiro atoms. The van der Waals surface area contributed by atoms with Gasteiger partial charge in [0.1, 0.15) is 0 Å². The average Bonchev–Trinajstić information content (AvgIpc) is 2.45. The Balaban J connectivity index is 2.21. The van der Waals surface area contributed by atoms with Crippen LogP contribution in [0.15, 0.2) is 48.5 Å². The van der Waals surface area contributed by atoms with Crippen LogP contribution in [-0.2, 0) is 22.9 Å². The van der Waals surface area contributed by atoms with Gasteiger partial charge in [-0.05, 0) is 36.1 Å². The van der Waals surface area contributed by atoms with E-state index in [-0.39, 0.29) is 5.56 Å². The number of hydrogen-bond donors (Lipinski definition) is 2. The summed E-state index contributed by atoms with van der Waals surface area (Å²) in [6.07, 6.45) is 2.16. The van der Waals surface area contributed by atoms with Crippen LogP contribution in [0.5, 0.6) is 0 Å². The molecule has 0 bridgehead atoms. The molecule has 5 nitrogen and oxygen atoms in total. The third-order valence-corrected chi connectivity index (χ3v) is 3.81. The van der Waals surface area contributed by atoms with Gasteiger partial charge in [0.05, 0.1) is 17.5 Å². The summed E-state index contributed by atoms with van der Waals surface area (Å²) in [4.78, 5) is 11.2. The molecule has 0 amide bonds. The zero-order valence-electron chi connectivity index (χ0n) is 12.1. The summed E-state index contributed by atoms with van der Waals surface area (Å²) >= 11 is 0. The molecule has 0 unspecified atom stereocenters. The monoisotopic (exact) mass is 319 g/mol. The maximum atomic E-state index is 11.4. The number of hydrogen-bond acceptors (Lipinski definition) is 3. The topological polar surface area (TPSA) is 83.5 Å². The molecule has 2 N–H and O–H groups in total. The van der Waals surface area contributed by atoms with Crippen molar-refractivity contribution in [2.45, 2.75) is 12.8 Å². The van der Waals surface area contributed by atoms with E-state index in [9.17, 15) is 18.3 Å². The van der Waals surface area contributed by atoms with Crippen molar-refractivity contribution in [1.82, 2.24) is 0 Å². The molecule has 0 aliphatic heterocycles. The van der Waals surface area contributed by atoms with Crippen molar-refractivity contribution in [1.29, 1.82) is 0 Å². The zero-order valence-corrected chi connectivity index (χ0v) is 12.9. The molecule has 0 aliphatic rings. The highest BCUT2D eigenvalue weighted by Gasteiger charge is 2.11. The molecular weight excluding hydrogens is 302 g/mol. The van der Waals surface area contributed by atoms with Crippen LogP contribution >= 0.6 is 0 Å². The Labute approximate surface area is 129 Å². The van der Waals surface area contributed by atoms with Gasteiger partial charge in [0, 0.05) is 0 Å². The third-order valence-electron chi connectivity index (χ3n) is 3.22. The van der Waals surface area contributed by atoms with Crippen molar-refractivity contribution in [3.05, 3.63) is 65.2 Å². The highest BCUT2D eigenvalue weighted by molar-refractivity contribution is 7.92. The SMILES string of the molecule is CS(=O)(=O)Nc1ccccc1CCc1ccccc1C(=O)O. The van der Waals surface area contributed by atoms with Gasteiger partial charge in [-0.3, -0.25) is 4.72 Å². The number of aromatic carboxylic acids is 1. The van der Waals surface area contributed by atoms with Gasteiger partial charge in [0.15, 0.2) is 0 Å². The average molecular weight is 319 g/mol. The highest BCUT2D eigenvalue weighted by Crippen LogP contribution is 2.20. The summed E-state index contributed by atoms with van der Waals surface area (Å²) in [5.74, 6) is -0.960. The molecule has 0 atom stereocenters. The van der Waals surface area contributed by atoms with Gasteiger partial charge < -0.3 is 5.11 Å². The van der Waals surface area contributed by atoms with E-state index in [2.05, 4.69) is 4.72 Å². The van der Waals surface area contributed by atoms with E-state index in [4.69, 9.17) is 0 Å². The van der Waals surface area contributed by atoms with Crippen LogP contribution < -0.4 is 4.72 Å². The largest absolute Gasteiger partial charge is 0.478 e. The van der Waals surface area contributed by atoms with Gasteiger partial charge in [-0.25, -0.2) is 13.2 Å². The molecular formula is C16H17NO4S. The fourth-order valence-electron chi connectivity index (χ4n) is 2.25. The van der Waals surface area contributed by atoms with E-state index >= 15 is 0 Å². The zero-order chi connectivity index (χ0) is 16.2. The molecule has 22 heavy (non-hydrogen) atoms. The molecule has 6 heteroatoms. The van der Waals surface area contributed by atoms with Gasteiger partial charge in [0.2, 0.25) is 10.0 Å². The van der Waals surface area contributed by atoms with Gasteiger partial charge in [-0.2, -0.15) is 0 Å². The van der Waals surface area contributed by atoms with Crippen LogP contribution in [0.25, 0.3) is 0 Å². The van der Waals surface area contributed by atoms with E-state index in [1.54, 1.807) is 36.4 Å². The Morgan fingerprint density at radius 1 is 1.00 bits per heavy atom. The maximum absolute atomic E-state index is 11.4. The number of rotatable bonds is 6. The first kappa shape index (κ1) is 16.0. The van der Waals surface area contributed by atoms with Crippen LogP contribution in [0.2, 0.25) is 0 Å². The Hall–Kier alpha value is -2.34. The second-order valence-electron chi connectivity index (χ2n) is 4.99. The number of carboxylic acids is 1. The number of benzene rings is 2. The van der Waals surface area contributed by atoms with E-state index in [1.165, 1.54) is 0 Å². The Kier molecular flexibility index (Phi) is 4.82. The molecule has 0 heterocycles. The van der Waals surface area contributed by atoms with Crippen LogP contribution in [0.3, 0.4) is 0 Å². The molecule has 0 aliphatic carbocycles. The number of carboxylic acid groups (broad SMARTS) is 1. The highest BCUT2D eigenvalue weighted by atomic mass is 32.2. The lowest BCUT2D eigenvalue weighted by Crippen LogP contribution is -2.11. The van der Waals surface area contributed by atoms with Crippen LogP contribution in [0, 0.1) is 0 Å². The third kappa shape index (κ3) is 4.33. The minimum atomic E-state index is -3.35. The smallest absolute Gasteiger partial charge is 0.335 e. The minimum Gasteiger partial charge on any atom is -0.478 e. The van der Waals surface area contributed by atoms with E-state index in [0.717, 1.165) is 17.4 Å². The summed E-state index contributed by atoms with van der Waals surface area (Å²) in [5, 5.41) is 9.18. The molecule has 116 valence electrons. The van der Waals surface area contributed by atoms with Crippen molar-refractivity contribution >= 4 is 21.7 Å². The van der Waals surface area contributed by atoms with Crippen LogP contribution in [-0.4, -0.2) is 25.7 Å². The predicted molar refractivity (Wildman–Crippen MR) is 85.7 cm³/mol. The Bertz CT molecular complexity index is 784. The van der Waals surface area contributed by atoms with Crippen molar-refractivity contribution in [3.8, 4) is 0 Å². The lowest BCUT2D eigenvalue weighted by molar-refractivity contribution is 0.0695. The second kappa shape index (κ2) is 6.62. The van der Waals surface area contributed by atoms with E-state index in [0.29, 0.717) is 18.5 Å². The number of carbonyl (C=O) groups is 1. The van der Waals surface area contributed by atoms with Gasteiger partial charge in [-0.15, -0.1) is 0 Å². The summed E-state index contributed by atoms with van der Waals surface area (Å²) in [6.45, 7) is 0. The molecule has 0 fully saturated rings. The number of anilines is 1. The van der Waals surface area contributed by atoms with E-state index < -0.39 is 16.0 Å². The van der Waals surface area contributed by atoms with Crippen molar-refractivity contribution in [2.24, 2.45) is 0 Å². The molecule has 0 aromatic heterocycles. The summed E-state index contributed by atoms with van der Waals surface area (Å²) in [6, 6.07) is 13.9. The Morgan fingerprint density at radius 3 is 2.18 bits per heavy atom. The first-order valence-electron chi connectivity index (χ1n) is 6.74. The summed E-state index contributed by atoms with van der Waals surface area (Å²) in [7, 11) is -3.35. The fraction of sp³-hybridized carbons (Fsp3) is 0.188. The van der Waals surface area contributed by atoms with Gasteiger partial charge in [-0.1, -0.05) is 36.4 Å². The lowest BCUT2D eigenvalue weighted by atomic mass is 9.99. The first-order valence-corrected chi connectivity index (χ1v) is 8.63. The first-order chi connectivity index (χ1) is 10.4. The Morgan fingerprint density at radius 2 is 1.55 bits per heavy atom. The van der Waals surface area contributed by atoms with Gasteiger partial charge in [0.25, 0.3) is 0 Å². The minimum absolute atomic E-state index is 0.274. The predicted octanol–water partition coefficient (Wildman–Crippen LogP) is 2.54. The standard InChI is InChI=1S/C16H17NO4S/c1-22(20,21)17-15-9-5-3-7-13(15)11-10-12-6-2-4-8-14(12)16(18)19/h2-9,17H,10-11H2,1H3,(H,18,19). The van der Waals surface area contributed by atoms with E-state index in [1.807, 2.05) is 12.1 Å². The quantitative estimate of drug-likeness (QED) is 0.857. The molecule has 0 radical (unpaired) electrons. The molecule has 0 saturated carbocycles. The fourth-order valence-corrected chi connectivity index (χ4v) is 2.85. The number of aryl methyl sites for hydroxylation is 2. The second-order valence-corrected chi connectivity index (χ2v) is 6.74. The number of sulfonamides is 1. The number of nitrogens with one attached hydrogen (secondary N) is 1. The molecule has 2 aromatic carbocycles. The van der Waals surface area contributed by atoms with Crippen LogP contribution in [0.1, 0.15) is 21.5 Å². The number of para-hydroxylation sites is 1. The summed E-state index contributed by atoms with van der Waals surface area (Å²) in [5.41, 5.74) is 2.35.